The first-order valence-corrected chi connectivity index (χ1v) is 11.4. The summed E-state index contributed by atoms with van der Waals surface area (Å²) < 4.78 is 0. The highest BCUT2D eigenvalue weighted by atomic mass is 16.6. The number of ketones is 1. The third kappa shape index (κ3) is 3.70. The fraction of sp³-hybridized carbons (Fsp3) is 0.333. The minimum absolute atomic E-state index is 0.0312. The van der Waals surface area contributed by atoms with Crippen LogP contribution in [0.1, 0.15) is 40.0 Å². The van der Waals surface area contributed by atoms with Gasteiger partial charge in [-0.2, -0.15) is 5.01 Å². The zero-order valence-corrected chi connectivity index (χ0v) is 18.8. The Morgan fingerprint density at radius 2 is 1.36 bits per heavy atom. The average molecular weight is 492 g/mol. The van der Waals surface area contributed by atoms with E-state index in [2.05, 4.69) is 0 Å². The molecule has 184 valence electrons. The van der Waals surface area contributed by atoms with Gasteiger partial charge in [0.2, 0.25) is 0 Å². The van der Waals surface area contributed by atoms with Gasteiger partial charge in [0.05, 0.1) is 21.7 Å². The van der Waals surface area contributed by atoms with E-state index in [-0.39, 0.29) is 34.3 Å². The number of amides is 3. The normalized spacial score (nSPS) is 24.1. The number of rotatable bonds is 7. The van der Waals surface area contributed by atoms with Crippen molar-refractivity contribution in [1.29, 1.82) is 0 Å². The topological polar surface area (TPSA) is 161 Å². The van der Waals surface area contributed by atoms with Crippen LogP contribution in [0.4, 0.5) is 11.4 Å². The van der Waals surface area contributed by atoms with Gasteiger partial charge in [-0.25, -0.2) is 5.01 Å². The Morgan fingerprint density at radius 3 is 1.89 bits per heavy atom. The standard InChI is InChI=1S/C24H20N4O8/c29-19(13-3-1-5-17(10-13)27(33)34)12-25(22(30)16-4-2-6-18(11-16)28(35)36)26-23(31)20-14-7-8-15(9-14)21(20)24(26)32/h1-6,10-11,14-15,20-21H,7-9,12H2/t14-,15-,20+,21+/m0/s1. The van der Waals surface area contributed by atoms with Gasteiger partial charge in [-0.3, -0.25) is 39.4 Å². The summed E-state index contributed by atoms with van der Waals surface area (Å²) in [6, 6.07) is 9.64. The number of nitro benzene ring substituents is 2. The van der Waals surface area contributed by atoms with E-state index in [0.29, 0.717) is 0 Å². The van der Waals surface area contributed by atoms with Crippen molar-refractivity contribution in [2.75, 3.05) is 6.54 Å². The van der Waals surface area contributed by atoms with E-state index in [9.17, 15) is 39.4 Å². The maximum Gasteiger partial charge on any atom is 0.273 e. The number of imide groups is 1. The average Bonchev–Trinajstić information content (AvgIpc) is 3.56. The maximum absolute atomic E-state index is 13.5. The molecule has 1 saturated heterocycles. The Hall–Kier alpha value is -4.48. The van der Waals surface area contributed by atoms with E-state index in [4.69, 9.17) is 0 Å². The Balaban J connectivity index is 1.52. The van der Waals surface area contributed by atoms with Crippen molar-refractivity contribution in [3.05, 3.63) is 79.9 Å². The van der Waals surface area contributed by atoms with E-state index in [0.717, 1.165) is 41.4 Å². The number of hydrazine groups is 1. The van der Waals surface area contributed by atoms with Crippen molar-refractivity contribution in [2.45, 2.75) is 19.3 Å². The number of nitrogens with zero attached hydrogens (tertiary/aromatic N) is 4. The summed E-state index contributed by atoms with van der Waals surface area (Å²) in [7, 11) is 0. The van der Waals surface area contributed by atoms with Crippen LogP contribution in [0.3, 0.4) is 0 Å². The number of carbonyl (C=O) groups excluding carboxylic acids is 4. The molecule has 2 bridgehead atoms. The highest BCUT2D eigenvalue weighted by molar-refractivity contribution is 6.10. The first kappa shape index (κ1) is 23.3. The molecular weight excluding hydrogens is 472 g/mol. The van der Waals surface area contributed by atoms with Crippen molar-refractivity contribution in [3.8, 4) is 0 Å². The van der Waals surface area contributed by atoms with Crippen molar-refractivity contribution < 1.29 is 29.0 Å². The fourth-order valence-corrected chi connectivity index (χ4v) is 5.79. The quantitative estimate of drug-likeness (QED) is 0.247. The molecule has 12 nitrogen and oxygen atoms in total. The first-order valence-electron chi connectivity index (χ1n) is 11.4. The van der Waals surface area contributed by atoms with Crippen LogP contribution >= 0.6 is 0 Å². The highest BCUT2D eigenvalue weighted by Crippen LogP contribution is 2.56. The van der Waals surface area contributed by atoms with Gasteiger partial charge >= 0.3 is 0 Å². The van der Waals surface area contributed by atoms with Crippen LogP contribution in [0.2, 0.25) is 0 Å². The fourth-order valence-electron chi connectivity index (χ4n) is 5.79. The zero-order chi connectivity index (χ0) is 25.7. The SMILES string of the molecule is O=C(CN(C(=O)c1cccc([N+](=O)[O-])c1)N1C(=O)[C@@H]2[C@H]3CC[C@@H](C3)[C@H]2C1=O)c1cccc([N+](=O)[O-])c1. The molecule has 0 N–H and O–H groups in total. The number of hydrogen-bond acceptors (Lipinski definition) is 8. The molecule has 4 atom stereocenters. The molecule has 3 amide bonds. The molecule has 2 aliphatic carbocycles. The van der Waals surface area contributed by atoms with Crippen LogP contribution in [0.15, 0.2) is 48.5 Å². The van der Waals surface area contributed by atoms with E-state index >= 15 is 0 Å². The van der Waals surface area contributed by atoms with Crippen molar-refractivity contribution in [3.63, 3.8) is 0 Å². The van der Waals surface area contributed by atoms with Crippen molar-refractivity contribution in [1.82, 2.24) is 10.0 Å². The van der Waals surface area contributed by atoms with Crippen LogP contribution < -0.4 is 0 Å². The monoisotopic (exact) mass is 492 g/mol. The van der Waals surface area contributed by atoms with Gasteiger partial charge in [0.25, 0.3) is 29.1 Å². The van der Waals surface area contributed by atoms with E-state index in [1.807, 2.05) is 0 Å². The number of fused-ring (bicyclic) bond motifs is 5. The lowest BCUT2D eigenvalue weighted by Crippen LogP contribution is -2.52. The Kier molecular flexibility index (Phi) is 5.58. The minimum atomic E-state index is -0.938. The van der Waals surface area contributed by atoms with Crippen LogP contribution in [0.5, 0.6) is 0 Å². The summed E-state index contributed by atoms with van der Waals surface area (Å²) in [5, 5.41) is 23.8. The Labute approximate surface area is 203 Å². The van der Waals surface area contributed by atoms with Gasteiger partial charge in [-0.1, -0.05) is 18.2 Å². The van der Waals surface area contributed by atoms with Gasteiger partial charge in [0.1, 0.15) is 6.54 Å². The summed E-state index contributed by atoms with van der Waals surface area (Å²) in [6.45, 7) is -0.755. The van der Waals surface area contributed by atoms with Gasteiger partial charge in [0.15, 0.2) is 5.78 Å². The van der Waals surface area contributed by atoms with Crippen molar-refractivity contribution in [2.24, 2.45) is 23.7 Å². The number of non-ortho nitro benzene ring substituents is 2. The molecule has 5 rings (SSSR count). The third-order valence-electron chi connectivity index (χ3n) is 7.36. The van der Waals surface area contributed by atoms with Gasteiger partial charge in [0, 0.05) is 35.4 Å². The second-order valence-electron chi connectivity index (χ2n) is 9.27. The lowest BCUT2D eigenvalue weighted by Gasteiger charge is -2.30. The molecule has 2 aromatic rings. The lowest BCUT2D eigenvalue weighted by molar-refractivity contribution is -0.385. The number of Topliss-reactive ketones (excluding diaryl/α,β-unsaturated/α-hetero) is 1. The molecule has 0 unspecified atom stereocenters. The van der Waals surface area contributed by atoms with E-state index < -0.39 is 51.7 Å². The maximum atomic E-state index is 13.5. The second-order valence-corrected chi connectivity index (χ2v) is 9.27. The summed E-state index contributed by atoms with van der Waals surface area (Å²) in [6.07, 6.45) is 2.39. The van der Waals surface area contributed by atoms with Crippen LogP contribution in [0, 0.1) is 43.9 Å². The smallest absolute Gasteiger partial charge is 0.273 e. The van der Waals surface area contributed by atoms with Gasteiger partial charge < -0.3 is 0 Å². The molecule has 1 heterocycles. The van der Waals surface area contributed by atoms with Gasteiger partial charge in [-0.15, -0.1) is 0 Å². The predicted octanol–water partition coefficient (Wildman–Crippen LogP) is 2.77. The van der Waals surface area contributed by atoms with E-state index in [1.54, 1.807) is 0 Å². The number of nitro groups is 2. The third-order valence-corrected chi connectivity index (χ3v) is 7.36. The highest BCUT2D eigenvalue weighted by Gasteiger charge is 2.62. The molecule has 0 radical (unpaired) electrons. The molecule has 0 spiro atoms. The van der Waals surface area contributed by atoms with Crippen LogP contribution in [-0.2, 0) is 9.59 Å². The minimum Gasteiger partial charge on any atom is -0.292 e. The molecule has 0 aromatic heterocycles. The van der Waals surface area contributed by atoms with Crippen LogP contribution in [0.25, 0.3) is 0 Å². The molecule has 2 saturated carbocycles. The van der Waals surface area contributed by atoms with E-state index in [1.165, 1.54) is 36.4 Å². The molecule has 36 heavy (non-hydrogen) atoms. The first-order chi connectivity index (χ1) is 17.2. The molecule has 2 aromatic carbocycles. The number of benzene rings is 2. The summed E-state index contributed by atoms with van der Waals surface area (Å²) >= 11 is 0. The molecule has 1 aliphatic heterocycles. The Morgan fingerprint density at radius 1 is 0.861 bits per heavy atom. The van der Waals surface area contributed by atoms with Crippen LogP contribution in [-0.4, -0.2) is 49.9 Å². The zero-order valence-electron chi connectivity index (χ0n) is 18.8. The number of hydrogen-bond donors (Lipinski definition) is 0. The molecule has 12 heteroatoms. The molecule has 3 aliphatic rings. The van der Waals surface area contributed by atoms with Gasteiger partial charge in [-0.05, 0) is 37.2 Å². The Bertz CT molecular complexity index is 1310. The lowest BCUT2D eigenvalue weighted by atomic mass is 9.81. The summed E-state index contributed by atoms with van der Waals surface area (Å²) in [5.74, 6) is -3.88. The number of carbonyl (C=O) groups is 4. The predicted molar refractivity (Wildman–Crippen MR) is 121 cm³/mol. The van der Waals surface area contributed by atoms with Crippen molar-refractivity contribution >= 4 is 34.9 Å². The summed E-state index contributed by atoms with van der Waals surface area (Å²) in [5.41, 5.74) is -0.978. The second kappa shape index (κ2) is 8.63. The molecule has 3 fully saturated rings. The largest absolute Gasteiger partial charge is 0.292 e. The molecular formula is C24H20N4O8. The summed E-state index contributed by atoms with van der Waals surface area (Å²) in [4.78, 5) is 74.5.